The Bertz CT molecular complexity index is 523. The van der Waals surface area contributed by atoms with E-state index in [0.29, 0.717) is 5.37 Å². The van der Waals surface area contributed by atoms with Crippen LogP contribution < -0.4 is 5.32 Å². The Morgan fingerprint density at radius 3 is 3.12 bits per heavy atom. The highest BCUT2D eigenvalue weighted by molar-refractivity contribution is 9.10. The first-order valence-electron chi connectivity index (χ1n) is 5.24. The van der Waals surface area contributed by atoms with E-state index in [9.17, 15) is 0 Å². The lowest BCUT2D eigenvalue weighted by Crippen LogP contribution is -2.12. The van der Waals surface area contributed by atoms with Gasteiger partial charge in [0.05, 0.1) is 10.9 Å². The van der Waals surface area contributed by atoms with E-state index in [-0.39, 0.29) is 0 Å². The minimum atomic E-state index is 0.394. The van der Waals surface area contributed by atoms with Gasteiger partial charge in [0.1, 0.15) is 0 Å². The summed E-state index contributed by atoms with van der Waals surface area (Å²) in [7, 11) is 0. The fraction of sp³-hybridized carbons (Fsp3) is 0.250. The molecular weight excluding hydrogens is 284 g/mol. The van der Waals surface area contributed by atoms with Gasteiger partial charge in [-0.05, 0) is 12.1 Å². The monoisotopic (exact) mass is 294 g/mol. The van der Waals surface area contributed by atoms with Gasteiger partial charge in [-0.15, -0.1) is 11.8 Å². The lowest BCUT2D eigenvalue weighted by molar-refractivity contribution is 0.754. The van der Waals surface area contributed by atoms with Crippen LogP contribution in [0.5, 0.6) is 0 Å². The van der Waals surface area contributed by atoms with Crippen LogP contribution in [0.3, 0.4) is 0 Å². The topological polar surface area (TPSA) is 24.9 Å². The van der Waals surface area contributed by atoms with E-state index in [4.69, 9.17) is 0 Å². The number of hydrogen-bond donors (Lipinski definition) is 1. The fourth-order valence-corrected chi connectivity index (χ4v) is 3.53. The maximum atomic E-state index is 4.50. The number of fused-ring (bicyclic) bond motifs is 1. The van der Waals surface area contributed by atoms with E-state index in [0.717, 1.165) is 16.5 Å². The van der Waals surface area contributed by atoms with E-state index < -0.39 is 0 Å². The molecule has 1 aromatic heterocycles. The van der Waals surface area contributed by atoms with Crippen molar-refractivity contribution in [2.24, 2.45) is 0 Å². The van der Waals surface area contributed by atoms with Gasteiger partial charge < -0.3 is 5.32 Å². The summed E-state index contributed by atoms with van der Waals surface area (Å²) in [6, 6.07) is 8.36. The van der Waals surface area contributed by atoms with Crippen LogP contribution in [0.2, 0.25) is 0 Å². The number of nitrogens with one attached hydrogen (secondary N) is 1. The molecule has 2 aromatic rings. The Kier molecular flexibility index (Phi) is 2.88. The molecule has 1 saturated heterocycles. The van der Waals surface area contributed by atoms with E-state index in [2.05, 4.69) is 44.4 Å². The molecule has 0 spiro atoms. The van der Waals surface area contributed by atoms with Crippen molar-refractivity contribution in [3.8, 4) is 0 Å². The molecule has 0 radical (unpaired) electrons. The van der Waals surface area contributed by atoms with Crippen molar-refractivity contribution in [1.29, 1.82) is 0 Å². The summed E-state index contributed by atoms with van der Waals surface area (Å²) in [4.78, 5) is 4.50. The lowest BCUT2D eigenvalue weighted by atomic mass is 10.1. The molecular formula is C12H11BrN2S. The summed E-state index contributed by atoms with van der Waals surface area (Å²) in [5.74, 6) is 1.18. The van der Waals surface area contributed by atoms with Gasteiger partial charge in [0.25, 0.3) is 0 Å². The molecule has 16 heavy (non-hydrogen) atoms. The molecule has 1 N–H and O–H groups in total. The zero-order valence-corrected chi connectivity index (χ0v) is 11.0. The fourth-order valence-electron chi connectivity index (χ4n) is 2.00. The SMILES string of the molecule is Brc1ccc(C2NCCS2)c2ncccc12. The van der Waals surface area contributed by atoms with Crippen molar-refractivity contribution < 1.29 is 0 Å². The Labute approximate surface area is 107 Å². The van der Waals surface area contributed by atoms with Gasteiger partial charge in [0.2, 0.25) is 0 Å². The van der Waals surface area contributed by atoms with E-state index in [1.165, 1.54) is 16.7 Å². The Balaban J connectivity index is 2.21. The maximum absolute atomic E-state index is 4.50. The number of pyridine rings is 1. The largest absolute Gasteiger partial charge is 0.301 e. The summed E-state index contributed by atoms with van der Waals surface area (Å²) in [5.41, 5.74) is 2.39. The molecule has 3 rings (SSSR count). The van der Waals surface area contributed by atoms with Crippen LogP contribution >= 0.6 is 27.7 Å². The molecule has 1 unspecified atom stereocenters. The third kappa shape index (κ3) is 1.75. The summed E-state index contributed by atoms with van der Waals surface area (Å²) in [6.07, 6.45) is 1.86. The molecule has 1 atom stereocenters. The van der Waals surface area contributed by atoms with Crippen LogP contribution in [0.25, 0.3) is 10.9 Å². The minimum Gasteiger partial charge on any atom is -0.301 e. The molecule has 4 heteroatoms. The van der Waals surface area contributed by atoms with Crippen molar-refractivity contribution >= 4 is 38.6 Å². The first-order valence-corrected chi connectivity index (χ1v) is 7.08. The predicted octanol–water partition coefficient (Wildman–Crippen LogP) is 3.33. The van der Waals surface area contributed by atoms with Gasteiger partial charge in [-0.3, -0.25) is 4.98 Å². The first-order chi connectivity index (χ1) is 7.86. The van der Waals surface area contributed by atoms with Gasteiger partial charge in [-0.2, -0.15) is 0 Å². The summed E-state index contributed by atoms with van der Waals surface area (Å²) in [5, 5.41) is 5.08. The van der Waals surface area contributed by atoms with E-state index >= 15 is 0 Å². The summed E-state index contributed by atoms with van der Waals surface area (Å²) >= 11 is 5.52. The summed E-state index contributed by atoms with van der Waals surface area (Å²) in [6.45, 7) is 1.08. The predicted molar refractivity (Wildman–Crippen MR) is 72.6 cm³/mol. The number of aromatic nitrogens is 1. The number of hydrogen-bond acceptors (Lipinski definition) is 3. The molecule has 1 aromatic carbocycles. The average molecular weight is 295 g/mol. The smallest absolute Gasteiger partial charge is 0.0811 e. The number of benzene rings is 1. The van der Waals surface area contributed by atoms with Gasteiger partial charge in [0, 0.05) is 33.9 Å². The van der Waals surface area contributed by atoms with Crippen molar-refractivity contribution in [3.63, 3.8) is 0 Å². The number of nitrogens with zero attached hydrogens (tertiary/aromatic N) is 1. The Hall–Kier alpha value is -0.580. The van der Waals surface area contributed by atoms with Crippen molar-refractivity contribution in [2.45, 2.75) is 5.37 Å². The van der Waals surface area contributed by atoms with Crippen molar-refractivity contribution in [1.82, 2.24) is 10.3 Å². The Morgan fingerprint density at radius 2 is 2.31 bits per heavy atom. The average Bonchev–Trinajstić information content (AvgIpc) is 2.83. The summed E-state index contributed by atoms with van der Waals surface area (Å²) < 4.78 is 1.11. The van der Waals surface area contributed by atoms with Crippen molar-refractivity contribution in [3.05, 3.63) is 40.5 Å². The van der Waals surface area contributed by atoms with Gasteiger partial charge in [0.15, 0.2) is 0 Å². The zero-order chi connectivity index (χ0) is 11.0. The number of rotatable bonds is 1. The van der Waals surface area contributed by atoms with Crippen LogP contribution in [0, 0.1) is 0 Å². The second-order valence-corrected chi connectivity index (χ2v) is 5.81. The molecule has 2 nitrogen and oxygen atoms in total. The molecule has 0 bridgehead atoms. The van der Waals surface area contributed by atoms with Crippen LogP contribution in [0.15, 0.2) is 34.9 Å². The molecule has 2 heterocycles. The highest BCUT2D eigenvalue weighted by atomic mass is 79.9. The quantitative estimate of drug-likeness (QED) is 0.873. The van der Waals surface area contributed by atoms with Crippen LogP contribution in [0.4, 0.5) is 0 Å². The maximum Gasteiger partial charge on any atom is 0.0811 e. The van der Waals surface area contributed by atoms with Crippen molar-refractivity contribution in [2.75, 3.05) is 12.3 Å². The normalized spacial score (nSPS) is 20.4. The third-order valence-electron chi connectivity index (χ3n) is 2.75. The van der Waals surface area contributed by atoms with Gasteiger partial charge in [-0.1, -0.05) is 28.1 Å². The van der Waals surface area contributed by atoms with Crippen LogP contribution in [-0.4, -0.2) is 17.3 Å². The van der Waals surface area contributed by atoms with Crippen LogP contribution in [-0.2, 0) is 0 Å². The van der Waals surface area contributed by atoms with Gasteiger partial charge >= 0.3 is 0 Å². The first kappa shape index (κ1) is 10.6. The highest BCUT2D eigenvalue weighted by Crippen LogP contribution is 2.35. The number of halogens is 1. The molecule has 1 aliphatic rings. The standard InChI is InChI=1S/C12H11BrN2S/c13-10-4-3-9(12-15-6-7-16-12)11-8(10)2-1-5-14-11/h1-5,12,15H,6-7H2. The Morgan fingerprint density at radius 1 is 1.38 bits per heavy atom. The molecule has 82 valence electrons. The van der Waals surface area contributed by atoms with Crippen LogP contribution in [0.1, 0.15) is 10.9 Å². The third-order valence-corrected chi connectivity index (χ3v) is 4.63. The zero-order valence-electron chi connectivity index (χ0n) is 8.61. The number of thioether (sulfide) groups is 1. The second kappa shape index (κ2) is 4.35. The van der Waals surface area contributed by atoms with Gasteiger partial charge in [-0.25, -0.2) is 0 Å². The molecule has 1 fully saturated rings. The molecule has 0 aliphatic carbocycles. The minimum absolute atomic E-state index is 0.394. The molecule has 0 saturated carbocycles. The molecule has 0 amide bonds. The highest BCUT2D eigenvalue weighted by Gasteiger charge is 2.19. The molecule has 1 aliphatic heterocycles. The van der Waals surface area contributed by atoms with E-state index in [1.807, 2.05) is 24.0 Å². The van der Waals surface area contributed by atoms with E-state index in [1.54, 1.807) is 0 Å². The second-order valence-electron chi connectivity index (χ2n) is 3.74. The lowest BCUT2D eigenvalue weighted by Gasteiger charge is -2.13.